The third-order valence-electron chi connectivity index (χ3n) is 5.41. The maximum Gasteiger partial charge on any atom is 0.339 e. The quantitative estimate of drug-likeness (QED) is 0.435. The highest BCUT2D eigenvalue weighted by molar-refractivity contribution is 7.80. The molecule has 3 aromatic rings. The van der Waals surface area contributed by atoms with Crippen molar-refractivity contribution in [3.05, 3.63) is 83.9 Å². The highest BCUT2D eigenvalue weighted by Gasteiger charge is 2.41. The van der Waals surface area contributed by atoms with Crippen LogP contribution in [0.3, 0.4) is 0 Å². The first-order valence-corrected chi connectivity index (χ1v) is 10.5. The summed E-state index contributed by atoms with van der Waals surface area (Å²) in [6.07, 6.45) is 4.28. The fraction of sp³-hybridized carbons (Fsp3) is 0.261. The molecule has 2 N–H and O–H groups in total. The van der Waals surface area contributed by atoms with Gasteiger partial charge < -0.3 is 24.6 Å². The molecular formula is C23H24N4O3S. The molecule has 0 aliphatic carbocycles. The number of rotatable bonds is 7. The zero-order valence-corrected chi connectivity index (χ0v) is 18.0. The summed E-state index contributed by atoms with van der Waals surface area (Å²) in [5.41, 5.74) is 3.04. The molecule has 2 atom stereocenters. The number of esters is 1. The van der Waals surface area contributed by atoms with Crippen LogP contribution >= 0.6 is 12.2 Å². The van der Waals surface area contributed by atoms with Crippen molar-refractivity contribution in [1.29, 1.82) is 0 Å². The zero-order valence-electron chi connectivity index (χ0n) is 17.1. The number of pyridine rings is 1. The highest BCUT2D eigenvalue weighted by Crippen LogP contribution is 2.39. The molecule has 0 spiro atoms. The van der Waals surface area contributed by atoms with Crippen molar-refractivity contribution >= 4 is 23.3 Å². The summed E-state index contributed by atoms with van der Waals surface area (Å²) in [6, 6.07) is 16.8. The number of nitrogens with one attached hydrogen (secondary N) is 1. The number of para-hydroxylation sites is 1. The van der Waals surface area contributed by atoms with Crippen molar-refractivity contribution in [2.24, 2.45) is 0 Å². The number of thiocarbonyl (C=S) groups is 1. The number of aliphatic hydroxyl groups excluding tert-OH is 1. The number of nitrogens with zero attached hydrogens (tertiary/aromatic N) is 3. The van der Waals surface area contributed by atoms with Gasteiger partial charge in [-0.1, -0.05) is 18.2 Å². The van der Waals surface area contributed by atoms with Gasteiger partial charge in [0.15, 0.2) is 5.11 Å². The van der Waals surface area contributed by atoms with E-state index in [1.807, 2.05) is 59.3 Å². The molecule has 4 rings (SSSR count). The van der Waals surface area contributed by atoms with Crippen LogP contribution in [-0.2, 0) is 4.74 Å². The molecule has 0 unspecified atom stereocenters. The van der Waals surface area contributed by atoms with E-state index in [1.54, 1.807) is 12.3 Å². The Morgan fingerprint density at radius 3 is 2.74 bits per heavy atom. The van der Waals surface area contributed by atoms with Crippen molar-refractivity contribution in [2.45, 2.75) is 18.5 Å². The Kier molecular flexibility index (Phi) is 6.29. The van der Waals surface area contributed by atoms with E-state index in [2.05, 4.69) is 15.2 Å². The number of ether oxygens (including phenoxy) is 1. The van der Waals surface area contributed by atoms with Gasteiger partial charge in [0, 0.05) is 31.2 Å². The summed E-state index contributed by atoms with van der Waals surface area (Å²) >= 11 is 5.65. The van der Waals surface area contributed by atoms with Gasteiger partial charge in [-0.15, -0.1) is 0 Å². The molecule has 1 aromatic carbocycles. The summed E-state index contributed by atoms with van der Waals surface area (Å²) in [6.45, 7) is 0.673. The molecule has 0 radical (unpaired) electrons. The molecule has 0 bridgehead atoms. The number of hydrogen-bond donors (Lipinski definition) is 2. The smallest absolute Gasteiger partial charge is 0.339 e. The van der Waals surface area contributed by atoms with Crippen molar-refractivity contribution in [1.82, 2.24) is 19.8 Å². The molecule has 3 heterocycles. The number of methoxy groups -OCH3 is 1. The molecule has 1 aliphatic rings. The molecule has 1 aliphatic heterocycles. The molecule has 0 saturated carbocycles. The number of hydrogen-bond acceptors (Lipinski definition) is 5. The van der Waals surface area contributed by atoms with Gasteiger partial charge in [0.25, 0.3) is 0 Å². The molecular weight excluding hydrogens is 412 g/mol. The number of carbonyl (C=O) groups excluding carboxylic acids is 1. The van der Waals surface area contributed by atoms with E-state index in [0.717, 1.165) is 17.1 Å². The van der Waals surface area contributed by atoms with E-state index in [0.29, 0.717) is 23.6 Å². The van der Waals surface area contributed by atoms with E-state index in [9.17, 15) is 9.90 Å². The van der Waals surface area contributed by atoms with Gasteiger partial charge >= 0.3 is 5.97 Å². The van der Waals surface area contributed by atoms with Crippen LogP contribution in [-0.4, -0.2) is 50.9 Å². The predicted molar refractivity (Wildman–Crippen MR) is 121 cm³/mol. The van der Waals surface area contributed by atoms with E-state index in [4.69, 9.17) is 17.0 Å². The highest BCUT2D eigenvalue weighted by atomic mass is 32.1. The van der Waals surface area contributed by atoms with Crippen LogP contribution in [0.25, 0.3) is 5.69 Å². The Hall–Kier alpha value is -3.23. The maximum absolute atomic E-state index is 12.4. The second-order valence-electron chi connectivity index (χ2n) is 7.21. The minimum Gasteiger partial charge on any atom is -0.465 e. The minimum absolute atomic E-state index is 0.0757. The van der Waals surface area contributed by atoms with E-state index in [1.165, 1.54) is 7.11 Å². The summed E-state index contributed by atoms with van der Waals surface area (Å²) in [4.78, 5) is 19.0. The number of aromatic nitrogens is 2. The van der Waals surface area contributed by atoms with Gasteiger partial charge in [-0.25, -0.2) is 4.79 Å². The second kappa shape index (κ2) is 9.28. The minimum atomic E-state index is -0.395. The van der Waals surface area contributed by atoms with Crippen LogP contribution in [0.2, 0.25) is 0 Å². The van der Waals surface area contributed by atoms with E-state index >= 15 is 0 Å². The van der Waals surface area contributed by atoms with Gasteiger partial charge in [-0.05, 0) is 55.0 Å². The zero-order chi connectivity index (χ0) is 21.8. The largest absolute Gasteiger partial charge is 0.465 e. The average Bonchev–Trinajstić information content (AvgIpc) is 3.41. The van der Waals surface area contributed by atoms with Gasteiger partial charge in [0.1, 0.15) is 0 Å². The Labute approximate surface area is 186 Å². The monoisotopic (exact) mass is 436 g/mol. The predicted octanol–water partition coefficient (Wildman–Crippen LogP) is 3.01. The normalized spacial score (nSPS) is 18.1. The lowest BCUT2D eigenvalue weighted by atomic mass is 10.0. The van der Waals surface area contributed by atoms with Gasteiger partial charge in [-0.3, -0.25) is 4.98 Å². The molecule has 7 nitrogen and oxygen atoms in total. The Balaban J connectivity index is 1.83. The topological polar surface area (TPSA) is 79.6 Å². The second-order valence-corrected chi connectivity index (χ2v) is 7.60. The molecule has 1 saturated heterocycles. The van der Waals surface area contributed by atoms with Crippen molar-refractivity contribution in [2.75, 3.05) is 20.3 Å². The van der Waals surface area contributed by atoms with Crippen LogP contribution in [0.5, 0.6) is 0 Å². The van der Waals surface area contributed by atoms with Crippen LogP contribution in [0.4, 0.5) is 0 Å². The van der Waals surface area contributed by atoms with Crippen LogP contribution in [0, 0.1) is 0 Å². The SMILES string of the molecule is COC(=O)c1ccccc1-n1cccc1[C@H]1[C@H](c2ccccn2)NC(=S)N1CCCO. The van der Waals surface area contributed by atoms with E-state index in [-0.39, 0.29) is 18.7 Å². The maximum atomic E-state index is 12.4. The van der Waals surface area contributed by atoms with Gasteiger partial charge in [0.2, 0.25) is 0 Å². The van der Waals surface area contributed by atoms with Crippen LogP contribution in [0.15, 0.2) is 67.0 Å². The Morgan fingerprint density at radius 2 is 2.00 bits per heavy atom. The van der Waals surface area contributed by atoms with Crippen molar-refractivity contribution < 1.29 is 14.6 Å². The molecule has 8 heteroatoms. The van der Waals surface area contributed by atoms with Crippen LogP contribution < -0.4 is 5.32 Å². The molecule has 160 valence electrons. The lowest BCUT2D eigenvalue weighted by Crippen LogP contribution is -2.32. The first-order chi connectivity index (χ1) is 15.2. The number of carbonyl (C=O) groups is 1. The summed E-state index contributed by atoms with van der Waals surface area (Å²) < 4.78 is 6.98. The fourth-order valence-electron chi connectivity index (χ4n) is 4.03. The molecule has 31 heavy (non-hydrogen) atoms. The van der Waals surface area contributed by atoms with Gasteiger partial charge in [0.05, 0.1) is 36.1 Å². The summed E-state index contributed by atoms with van der Waals surface area (Å²) in [7, 11) is 1.38. The van der Waals surface area contributed by atoms with Gasteiger partial charge in [-0.2, -0.15) is 0 Å². The first-order valence-electron chi connectivity index (χ1n) is 10.1. The Bertz CT molecular complexity index is 1070. The summed E-state index contributed by atoms with van der Waals surface area (Å²) in [5.74, 6) is -0.395. The lowest BCUT2D eigenvalue weighted by Gasteiger charge is -2.29. The summed E-state index contributed by atoms with van der Waals surface area (Å²) in [5, 5.41) is 13.4. The molecule has 2 aromatic heterocycles. The number of benzene rings is 1. The standard InChI is InChI=1S/C23H24N4O3S/c1-30-22(29)16-8-2-3-10-18(16)26-13-6-11-19(26)21-20(17-9-4-5-12-24-17)25-23(31)27(21)14-7-15-28/h2-6,8-13,20-21,28H,7,14-15H2,1H3,(H,25,31)/t20-,21-/m0/s1. The van der Waals surface area contributed by atoms with Crippen molar-refractivity contribution in [3.63, 3.8) is 0 Å². The lowest BCUT2D eigenvalue weighted by molar-refractivity contribution is 0.0600. The number of aliphatic hydroxyl groups is 1. The first kappa shape index (κ1) is 21.0. The average molecular weight is 437 g/mol. The van der Waals surface area contributed by atoms with Crippen LogP contribution in [0.1, 0.15) is 40.3 Å². The molecule has 0 amide bonds. The van der Waals surface area contributed by atoms with Crippen molar-refractivity contribution in [3.8, 4) is 5.69 Å². The third-order valence-corrected chi connectivity index (χ3v) is 5.76. The molecule has 1 fully saturated rings. The third kappa shape index (κ3) is 4.04. The fourth-order valence-corrected chi connectivity index (χ4v) is 4.36. The van der Waals surface area contributed by atoms with E-state index < -0.39 is 5.97 Å². The Morgan fingerprint density at radius 1 is 1.19 bits per heavy atom.